The maximum atomic E-state index is 5.73. The lowest BCUT2D eigenvalue weighted by molar-refractivity contribution is 0.823. The van der Waals surface area contributed by atoms with Crippen LogP contribution in [0.2, 0.25) is 10.6 Å². The Kier molecular flexibility index (Phi) is 5.59. The quantitative estimate of drug-likeness (QED) is 0.848. The SMILES string of the molecule is CCc1cccc(NC(C)CNc2nc(Cl)nc(Cl)n2)c1. The fourth-order valence-corrected chi connectivity index (χ4v) is 2.23. The molecule has 1 aromatic carbocycles. The lowest BCUT2D eigenvalue weighted by Gasteiger charge is -2.16. The van der Waals surface area contributed by atoms with E-state index in [0.29, 0.717) is 12.5 Å². The van der Waals surface area contributed by atoms with Crippen molar-refractivity contribution in [3.63, 3.8) is 0 Å². The second-order valence-electron chi connectivity index (χ2n) is 4.68. The van der Waals surface area contributed by atoms with Gasteiger partial charge in [-0.05, 0) is 54.2 Å². The van der Waals surface area contributed by atoms with Crippen LogP contribution in [0.5, 0.6) is 0 Å². The average Bonchev–Trinajstić information content (AvgIpc) is 2.44. The van der Waals surface area contributed by atoms with Crippen molar-refractivity contribution < 1.29 is 0 Å². The molecule has 0 spiro atoms. The normalized spacial score (nSPS) is 12.0. The van der Waals surface area contributed by atoms with Crippen LogP contribution >= 0.6 is 23.2 Å². The zero-order chi connectivity index (χ0) is 15.2. The van der Waals surface area contributed by atoms with Crippen LogP contribution in [0, 0.1) is 0 Å². The minimum Gasteiger partial charge on any atom is -0.381 e. The third-order valence-corrected chi connectivity index (χ3v) is 3.23. The number of rotatable bonds is 6. The summed E-state index contributed by atoms with van der Waals surface area (Å²) in [6.45, 7) is 4.83. The zero-order valence-electron chi connectivity index (χ0n) is 11.9. The van der Waals surface area contributed by atoms with E-state index >= 15 is 0 Å². The van der Waals surface area contributed by atoms with Gasteiger partial charge in [0.2, 0.25) is 16.5 Å². The molecular weight excluding hydrogens is 309 g/mol. The molecule has 2 N–H and O–H groups in total. The molecule has 0 saturated carbocycles. The smallest absolute Gasteiger partial charge is 0.228 e. The summed E-state index contributed by atoms with van der Waals surface area (Å²) in [5, 5.41) is 6.65. The van der Waals surface area contributed by atoms with Crippen molar-refractivity contribution in [2.75, 3.05) is 17.2 Å². The maximum Gasteiger partial charge on any atom is 0.228 e. The van der Waals surface area contributed by atoms with Gasteiger partial charge in [0, 0.05) is 18.3 Å². The van der Waals surface area contributed by atoms with Crippen molar-refractivity contribution in [1.29, 1.82) is 0 Å². The summed E-state index contributed by atoms with van der Waals surface area (Å²) in [6, 6.07) is 8.54. The van der Waals surface area contributed by atoms with Crippen molar-refractivity contribution in [3.8, 4) is 0 Å². The van der Waals surface area contributed by atoms with Crippen molar-refractivity contribution in [3.05, 3.63) is 40.4 Å². The molecule has 21 heavy (non-hydrogen) atoms. The number of aryl methyl sites for hydroxylation is 1. The number of hydrogen-bond donors (Lipinski definition) is 2. The van der Waals surface area contributed by atoms with E-state index in [1.54, 1.807) is 0 Å². The Morgan fingerprint density at radius 1 is 1.14 bits per heavy atom. The number of nitrogens with zero attached hydrogens (tertiary/aromatic N) is 3. The number of hydrogen-bond acceptors (Lipinski definition) is 5. The summed E-state index contributed by atoms with van der Waals surface area (Å²) in [5.74, 6) is 0.371. The molecule has 1 heterocycles. The molecule has 7 heteroatoms. The van der Waals surface area contributed by atoms with Crippen LogP contribution in [0.3, 0.4) is 0 Å². The van der Waals surface area contributed by atoms with Gasteiger partial charge in [-0.1, -0.05) is 19.1 Å². The van der Waals surface area contributed by atoms with Gasteiger partial charge in [0.1, 0.15) is 0 Å². The van der Waals surface area contributed by atoms with E-state index in [0.717, 1.165) is 12.1 Å². The Morgan fingerprint density at radius 2 is 1.86 bits per heavy atom. The first-order valence-corrected chi connectivity index (χ1v) is 7.49. The van der Waals surface area contributed by atoms with Crippen LogP contribution in [0.25, 0.3) is 0 Å². The first-order chi connectivity index (χ1) is 10.1. The standard InChI is InChI=1S/C14H17Cl2N5/c1-3-10-5-4-6-11(7-10)18-9(2)8-17-14-20-12(15)19-13(16)21-14/h4-7,9,18H,3,8H2,1-2H3,(H,17,19,20,21). The molecule has 0 fully saturated rings. The molecular formula is C14H17Cl2N5. The number of nitrogens with one attached hydrogen (secondary N) is 2. The molecule has 1 aromatic heterocycles. The highest BCUT2D eigenvalue weighted by Crippen LogP contribution is 2.13. The lowest BCUT2D eigenvalue weighted by Crippen LogP contribution is -2.25. The van der Waals surface area contributed by atoms with E-state index in [-0.39, 0.29) is 16.6 Å². The first-order valence-electron chi connectivity index (χ1n) is 6.73. The molecule has 5 nitrogen and oxygen atoms in total. The van der Waals surface area contributed by atoms with Crippen LogP contribution in [0.1, 0.15) is 19.4 Å². The fourth-order valence-electron chi connectivity index (χ4n) is 1.87. The molecule has 1 atom stereocenters. The number of aromatic nitrogens is 3. The van der Waals surface area contributed by atoms with Gasteiger partial charge in [0.15, 0.2) is 0 Å². The van der Waals surface area contributed by atoms with Crippen molar-refractivity contribution in [2.45, 2.75) is 26.3 Å². The van der Waals surface area contributed by atoms with Crippen LogP contribution < -0.4 is 10.6 Å². The molecule has 2 aromatic rings. The number of halogens is 2. The van der Waals surface area contributed by atoms with Gasteiger partial charge in [-0.3, -0.25) is 0 Å². The Bertz CT molecular complexity index is 585. The van der Waals surface area contributed by atoms with Gasteiger partial charge >= 0.3 is 0 Å². The molecule has 0 amide bonds. The molecule has 0 aliphatic heterocycles. The second kappa shape index (κ2) is 7.43. The molecule has 1 unspecified atom stereocenters. The molecule has 0 saturated heterocycles. The summed E-state index contributed by atoms with van der Waals surface area (Å²) in [4.78, 5) is 11.6. The maximum absolute atomic E-state index is 5.73. The van der Waals surface area contributed by atoms with Crippen LogP contribution in [-0.2, 0) is 6.42 Å². The van der Waals surface area contributed by atoms with Gasteiger partial charge in [0.25, 0.3) is 0 Å². The average molecular weight is 326 g/mol. The van der Waals surface area contributed by atoms with Gasteiger partial charge < -0.3 is 10.6 Å². The predicted molar refractivity (Wildman–Crippen MR) is 87.2 cm³/mol. The van der Waals surface area contributed by atoms with E-state index in [4.69, 9.17) is 23.2 Å². The van der Waals surface area contributed by atoms with Crippen LogP contribution in [0.4, 0.5) is 11.6 Å². The Hall–Kier alpha value is -1.59. The van der Waals surface area contributed by atoms with Gasteiger partial charge in [-0.2, -0.15) is 15.0 Å². The minimum absolute atomic E-state index is 0.0776. The third kappa shape index (κ3) is 5.02. The summed E-state index contributed by atoms with van der Waals surface area (Å²) in [5.41, 5.74) is 2.39. The van der Waals surface area contributed by atoms with Gasteiger partial charge in [-0.15, -0.1) is 0 Å². The Morgan fingerprint density at radius 3 is 2.52 bits per heavy atom. The Balaban J connectivity index is 1.90. The molecule has 112 valence electrons. The molecule has 2 rings (SSSR count). The monoisotopic (exact) mass is 325 g/mol. The second-order valence-corrected chi connectivity index (χ2v) is 5.35. The summed E-state index contributed by atoms with van der Waals surface area (Å²) >= 11 is 11.5. The highest BCUT2D eigenvalue weighted by molar-refractivity contribution is 6.31. The van der Waals surface area contributed by atoms with Crippen molar-refractivity contribution in [1.82, 2.24) is 15.0 Å². The number of anilines is 2. The summed E-state index contributed by atoms with van der Waals surface area (Å²) < 4.78 is 0. The minimum atomic E-state index is 0.0776. The van der Waals surface area contributed by atoms with Gasteiger partial charge in [0.05, 0.1) is 0 Å². The van der Waals surface area contributed by atoms with Crippen LogP contribution in [-0.4, -0.2) is 27.5 Å². The highest BCUT2D eigenvalue weighted by Gasteiger charge is 2.06. The van der Waals surface area contributed by atoms with E-state index in [1.165, 1.54) is 5.56 Å². The van der Waals surface area contributed by atoms with Crippen molar-refractivity contribution >= 4 is 34.8 Å². The predicted octanol–water partition coefficient (Wildman–Crippen LogP) is 3.65. The van der Waals surface area contributed by atoms with E-state index < -0.39 is 0 Å². The molecule has 0 radical (unpaired) electrons. The third-order valence-electron chi connectivity index (χ3n) is 2.90. The Labute approximate surface area is 134 Å². The summed E-state index contributed by atoms with van der Waals surface area (Å²) in [7, 11) is 0. The molecule has 0 aliphatic rings. The van der Waals surface area contributed by atoms with Gasteiger partial charge in [-0.25, -0.2) is 0 Å². The highest BCUT2D eigenvalue weighted by atomic mass is 35.5. The summed E-state index contributed by atoms with van der Waals surface area (Å²) in [6.07, 6.45) is 1.02. The molecule has 0 aliphatic carbocycles. The van der Waals surface area contributed by atoms with E-state index in [2.05, 4.69) is 51.6 Å². The molecule has 0 bridgehead atoms. The lowest BCUT2D eigenvalue weighted by atomic mass is 10.1. The van der Waals surface area contributed by atoms with Crippen molar-refractivity contribution in [2.24, 2.45) is 0 Å². The first kappa shape index (κ1) is 15.8. The van der Waals surface area contributed by atoms with E-state index in [1.807, 2.05) is 12.1 Å². The fraction of sp³-hybridized carbons (Fsp3) is 0.357. The van der Waals surface area contributed by atoms with E-state index in [9.17, 15) is 0 Å². The topological polar surface area (TPSA) is 62.7 Å². The van der Waals surface area contributed by atoms with Crippen LogP contribution in [0.15, 0.2) is 24.3 Å². The zero-order valence-corrected chi connectivity index (χ0v) is 13.4. The largest absolute Gasteiger partial charge is 0.381 e. The number of benzene rings is 1.